The van der Waals surface area contributed by atoms with Crippen molar-refractivity contribution in [1.82, 2.24) is 9.55 Å². The van der Waals surface area contributed by atoms with Crippen molar-refractivity contribution in [2.45, 2.75) is 39.3 Å². The molecule has 0 radical (unpaired) electrons. The first-order valence-electron chi connectivity index (χ1n) is 14.0. The van der Waals surface area contributed by atoms with Gasteiger partial charge in [0.1, 0.15) is 17.8 Å². The Labute approximate surface area is 249 Å². The van der Waals surface area contributed by atoms with Gasteiger partial charge in [0.05, 0.1) is 17.9 Å². The maximum Gasteiger partial charge on any atom is 0.412 e. The third kappa shape index (κ3) is 5.83. The van der Waals surface area contributed by atoms with Gasteiger partial charge < -0.3 is 14.6 Å². The van der Waals surface area contributed by atoms with Crippen LogP contribution in [-0.4, -0.2) is 33.1 Å². The standard InChI is InChI=1S/C34H31N5O4/c1-34(2,3)43-33(42)36-27-11-7-5-9-24(27)21-38-19-18-35-32(38)23-12-15-25(16-13-23)39-28-17-14-22-8-4-6-10-26(22)31(28)37-29(40)20-30(39)41/h4-19H,20-21H2,1-3H3,(H,36,42)(H,37,40). The van der Waals surface area contributed by atoms with E-state index >= 15 is 0 Å². The van der Waals surface area contributed by atoms with E-state index in [1.54, 1.807) is 11.1 Å². The van der Waals surface area contributed by atoms with Crippen LogP contribution in [0.25, 0.3) is 22.2 Å². The smallest absolute Gasteiger partial charge is 0.412 e. The number of aromatic nitrogens is 2. The number of anilines is 4. The highest BCUT2D eigenvalue weighted by Crippen LogP contribution is 2.40. The summed E-state index contributed by atoms with van der Waals surface area (Å²) in [5, 5.41) is 7.63. The Balaban J connectivity index is 1.29. The molecule has 2 N–H and O–H groups in total. The molecule has 0 bridgehead atoms. The van der Waals surface area contributed by atoms with Gasteiger partial charge in [0, 0.05) is 34.7 Å². The number of imidazole rings is 1. The summed E-state index contributed by atoms with van der Waals surface area (Å²) in [7, 11) is 0. The summed E-state index contributed by atoms with van der Waals surface area (Å²) in [6.45, 7) is 5.92. The van der Waals surface area contributed by atoms with Crippen molar-refractivity contribution < 1.29 is 19.1 Å². The van der Waals surface area contributed by atoms with Crippen molar-refractivity contribution >= 4 is 51.4 Å². The summed E-state index contributed by atoms with van der Waals surface area (Å²) in [6.07, 6.45) is 2.83. The molecule has 0 fully saturated rings. The Morgan fingerprint density at radius 2 is 1.70 bits per heavy atom. The molecule has 0 aliphatic carbocycles. The van der Waals surface area contributed by atoms with E-state index in [0.29, 0.717) is 29.3 Å². The molecule has 0 atom stereocenters. The van der Waals surface area contributed by atoms with Crippen molar-refractivity contribution in [1.29, 1.82) is 0 Å². The van der Waals surface area contributed by atoms with Gasteiger partial charge in [0.15, 0.2) is 0 Å². The van der Waals surface area contributed by atoms with Crippen LogP contribution in [0, 0.1) is 0 Å². The van der Waals surface area contributed by atoms with Crippen LogP contribution in [0.15, 0.2) is 97.3 Å². The minimum absolute atomic E-state index is 0.258. The summed E-state index contributed by atoms with van der Waals surface area (Å²) in [5.74, 6) is 0.0733. The zero-order chi connectivity index (χ0) is 30.1. The Kier molecular flexibility index (Phi) is 7.15. The number of fused-ring (bicyclic) bond motifs is 3. The molecule has 9 heteroatoms. The fraction of sp³-hybridized carbons (Fsp3) is 0.176. The molecule has 6 rings (SSSR count). The fourth-order valence-electron chi connectivity index (χ4n) is 5.23. The lowest BCUT2D eigenvalue weighted by Gasteiger charge is -2.23. The molecule has 43 heavy (non-hydrogen) atoms. The minimum Gasteiger partial charge on any atom is -0.444 e. The van der Waals surface area contributed by atoms with E-state index < -0.39 is 11.7 Å². The lowest BCUT2D eigenvalue weighted by molar-refractivity contribution is -0.124. The lowest BCUT2D eigenvalue weighted by atomic mass is 10.1. The predicted octanol–water partition coefficient (Wildman–Crippen LogP) is 7.11. The molecule has 0 unspecified atom stereocenters. The van der Waals surface area contributed by atoms with E-state index in [9.17, 15) is 14.4 Å². The predicted molar refractivity (Wildman–Crippen MR) is 167 cm³/mol. The van der Waals surface area contributed by atoms with Crippen LogP contribution in [0.5, 0.6) is 0 Å². The van der Waals surface area contributed by atoms with E-state index in [0.717, 1.165) is 27.7 Å². The first-order chi connectivity index (χ1) is 20.7. The molecule has 9 nitrogen and oxygen atoms in total. The fourth-order valence-corrected chi connectivity index (χ4v) is 5.23. The molecule has 0 saturated heterocycles. The maximum absolute atomic E-state index is 13.3. The summed E-state index contributed by atoms with van der Waals surface area (Å²) in [6, 6.07) is 26.7. The van der Waals surface area contributed by atoms with Crippen molar-refractivity contribution in [2.75, 3.05) is 15.5 Å². The Hall–Kier alpha value is -5.44. The highest BCUT2D eigenvalue weighted by molar-refractivity contribution is 6.21. The lowest BCUT2D eigenvalue weighted by Crippen LogP contribution is -2.27. The Bertz CT molecular complexity index is 1850. The number of nitrogens with one attached hydrogen (secondary N) is 2. The minimum atomic E-state index is -0.609. The van der Waals surface area contributed by atoms with Crippen molar-refractivity contribution in [2.24, 2.45) is 0 Å². The van der Waals surface area contributed by atoms with Crippen molar-refractivity contribution in [3.8, 4) is 11.4 Å². The average Bonchev–Trinajstić information content (AvgIpc) is 3.37. The first-order valence-corrected chi connectivity index (χ1v) is 14.0. The molecule has 5 aromatic rings. The van der Waals surface area contributed by atoms with Crippen LogP contribution in [0.2, 0.25) is 0 Å². The van der Waals surface area contributed by atoms with E-state index in [2.05, 4.69) is 15.6 Å². The largest absolute Gasteiger partial charge is 0.444 e. The summed E-state index contributed by atoms with van der Waals surface area (Å²) >= 11 is 0. The number of ether oxygens (including phenoxy) is 1. The number of carbonyl (C=O) groups is 3. The van der Waals surface area contributed by atoms with Crippen LogP contribution in [0.3, 0.4) is 0 Å². The van der Waals surface area contributed by atoms with Crippen LogP contribution in [0.4, 0.5) is 27.5 Å². The molecule has 1 aromatic heterocycles. The number of carbonyl (C=O) groups excluding carboxylic acids is 3. The van der Waals surface area contributed by atoms with Gasteiger partial charge in [-0.05, 0) is 68.1 Å². The SMILES string of the molecule is CC(C)(C)OC(=O)Nc1ccccc1Cn1ccnc1-c1ccc(N2C(=O)CC(=O)Nc3c2ccc2ccccc32)cc1. The third-order valence-corrected chi connectivity index (χ3v) is 7.07. The number of benzene rings is 4. The van der Waals surface area contributed by atoms with Gasteiger partial charge in [0.25, 0.3) is 0 Å². The second kappa shape index (κ2) is 11.1. The highest BCUT2D eigenvalue weighted by Gasteiger charge is 2.29. The average molecular weight is 574 g/mol. The van der Waals surface area contributed by atoms with Gasteiger partial charge in [-0.3, -0.25) is 19.8 Å². The summed E-state index contributed by atoms with van der Waals surface area (Å²) < 4.78 is 7.42. The van der Waals surface area contributed by atoms with Crippen molar-refractivity contribution in [3.05, 3.63) is 103 Å². The van der Waals surface area contributed by atoms with Gasteiger partial charge in [-0.15, -0.1) is 0 Å². The second-order valence-corrected chi connectivity index (χ2v) is 11.3. The molecule has 216 valence electrons. The van der Waals surface area contributed by atoms with E-state index in [1.165, 1.54) is 0 Å². The quantitative estimate of drug-likeness (QED) is 0.218. The van der Waals surface area contributed by atoms with Gasteiger partial charge in [-0.2, -0.15) is 0 Å². The molecule has 0 saturated carbocycles. The third-order valence-electron chi connectivity index (χ3n) is 7.07. The van der Waals surface area contributed by atoms with Crippen molar-refractivity contribution in [3.63, 3.8) is 0 Å². The van der Waals surface area contributed by atoms with Gasteiger partial charge in [0.2, 0.25) is 11.8 Å². The first kappa shape index (κ1) is 27.7. The van der Waals surface area contributed by atoms with E-state index in [1.807, 2.05) is 116 Å². The molecular formula is C34H31N5O4. The topological polar surface area (TPSA) is 106 Å². The molecule has 3 amide bonds. The van der Waals surface area contributed by atoms with Gasteiger partial charge in [-0.25, -0.2) is 9.78 Å². The number of para-hydroxylation sites is 1. The normalized spacial score (nSPS) is 13.3. The number of hydrogen-bond donors (Lipinski definition) is 2. The molecule has 1 aliphatic heterocycles. The number of hydrogen-bond acceptors (Lipinski definition) is 5. The van der Waals surface area contributed by atoms with Gasteiger partial charge in [-0.1, -0.05) is 48.5 Å². The van der Waals surface area contributed by atoms with Crippen LogP contribution in [0.1, 0.15) is 32.8 Å². The number of nitrogens with zero attached hydrogens (tertiary/aromatic N) is 3. The van der Waals surface area contributed by atoms with Crippen LogP contribution in [-0.2, 0) is 20.9 Å². The molecule has 0 spiro atoms. The molecule has 1 aliphatic rings. The monoisotopic (exact) mass is 573 g/mol. The van der Waals surface area contributed by atoms with Crippen LogP contribution < -0.4 is 15.5 Å². The summed E-state index contributed by atoms with van der Waals surface area (Å²) in [4.78, 5) is 44.5. The number of rotatable bonds is 5. The summed E-state index contributed by atoms with van der Waals surface area (Å²) in [5.41, 5.74) is 3.67. The van der Waals surface area contributed by atoms with Crippen LogP contribution >= 0.6 is 0 Å². The zero-order valence-electron chi connectivity index (χ0n) is 24.1. The Morgan fingerprint density at radius 1 is 0.953 bits per heavy atom. The second-order valence-electron chi connectivity index (χ2n) is 11.3. The molecular weight excluding hydrogens is 542 g/mol. The molecule has 2 heterocycles. The number of amides is 3. The molecule has 4 aromatic carbocycles. The van der Waals surface area contributed by atoms with Gasteiger partial charge >= 0.3 is 6.09 Å². The Morgan fingerprint density at radius 3 is 2.49 bits per heavy atom. The highest BCUT2D eigenvalue weighted by atomic mass is 16.6. The van der Waals surface area contributed by atoms with E-state index in [-0.39, 0.29) is 18.2 Å². The maximum atomic E-state index is 13.3. The zero-order valence-corrected chi connectivity index (χ0v) is 24.1. The van der Waals surface area contributed by atoms with E-state index in [4.69, 9.17) is 4.74 Å².